The summed E-state index contributed by atoms with van der Waals surface area (Å²) < 4.78 is 64.0. The maximum Gasteiger partial charge on any atom is 0.416 e. The van der Waals surface area contributed by atoms with Crippen LogP contribution in [0.4, 0.5) is 18.9 Å². The van der Waals surface area contributed by atoms with E-state index in [1.807, 2.05) is 4.72 Å². The molecule has 0 heterocycles. The van der Waals surface area contributed by atoms with E-state index in [2.05, 4.69) is 0 Å². The summed E-state index contributed by atoms with van der Waals surface area (Å²) in [4.78, 5) is 10.3. The molecule has 0 saturated heterocycles. The number of halogens is 3. The second-order valence-electron chi connectivity index (χ2n) is 4.50. The third-order valence-corrected chi connectivity index (χ3v) is 4.24. The van der Waals surface area contributed by atoms with Crippen LogP contribution in [0, 0.1) is 0 Å². The van der Waals surface area contributed by atoms with Crippen LogP contribution in [0.5, 0.6) is 0 Å². The number of hydrogen-bond donors (Lipinski definition) is 1. The van der Waals surface area contributed by atoms with E-state index in [9.17, 15) is 31.5 Å². The minimum Gasteiger partial charge on any atom is -0.545 e. The molecule has 1 N–H and O–H groups in total. The first-order valence-electron chi connectivity index (χ1n) is 6.11. The fraction of sp³-hybridized carbons (Fsp3) is 0.0714. The van der Waals surface area contributed by atoms with Crippen LogP contribution in [0.3, 0.4) is 0 Å². The molecule has 0 fully saturated rings. The van der Waals surface area contributed by atoms with Crippen molar-refractivity contribution in [1.82, 2.24) is 0 Å². The molecule has 2 aromatic rings. The highest BCUT2D eigenvalue weighted by atomic mass is 32.2. The van der Waals surface area contributed by atoms with E-state index in [1.54, 1.807) is 0 Å². The van der Waals surface area contributed by atoms with E-state index < -0.39 is 27.7 Å². The summed E-state index contributed by atoms with van der Waals surface area (Å²) in [5.41, 5.74) is -1.48. The number of alkyl halides is 3. The highest BCUT2D eigenvalue weighted by molar-refractivity contribution is 7.92. The van der Waals surface area contributed by atoms with Gasteiger partial charge in [0.15, 0.2) is 0 Å². The van der Waals surface area contributed by atoms with Crippen molar-refractivity contribution < 1.29 is 31.5 Å². The molecule has 0 saturated carbocycles. The van der Waals surface area contributed by atoms with Gasteiger partial charge in [-0.3, -0.25) is 4.72 Å². The zero-order valence-corrected chi connectivity index (χ0v) is 12.1. The molecule has 0 aliphatic heterocycles. The van der Waals surface area contributed by atoms with Gasteiger partial charge in [-0.15, -0.1) is 0 Å². The first kappa shape index (κ1) is 16.8. The maximum absolute atomic E-state index is 12.6. The SMILES string of the molecule is O=C([O-])c1ccc(S(=O)(=O)Nc2cccc(C(F)(F)F)c2)cc1. The Labute approximate surface area is 129 Å². The summed E-state index contributed by atoms with van der Waals surface area (Å²) in [6, 6.07) is 7.79. The molecular formula is C14H9F3NO4S-. The number of nitrogens with one attached hydrogen (secondary N) is 1. The highest BCUT2D eigenvalue weighted by Gasteiger charge is 2.30. The van der Waals surface area contributed by atoms with Crippen molar-refractivity contribution in [2.75, 3.05) is 4.72 Å². The third kappa shape index (κ3) is 4.01. The largest absolute Gasteiger partial charge is 0.545 e. The molecule has 122 valence electrons. The Kier molecular flexibility index (Phi) is 4.33. The monoisotopic (exact) mass is 344 g/mol. The average molecular weight is 344 g/mol. The smallest absolute Gasteiger partial charge is 0.416 e. The number of anilines is 1. The van der Waals surface area contributed by atoms with Gasteiger partial charge in [-0.2, -0.15) is 13.2 Å². The maximum atomic E-state index is 12.6. The minimum absolute atomic E-state index is 0.219. The molecular weight excluding hydrogens is 335 g/mol. The van der Waals surface area contributed by atoms with Gasteiger partial charge >= 0.3 is 6.18 Å². The van der Waals surface area contributed by atoms with Crippen molar-refractivity contribution >= 4 is 21.7 Å². The number of carbonyl (C=O) groups is 1. The lowest BCUT2D eigenvalue weighted by atomic mass is 10.2. The lowest BCUT2D eigenvalue weighted by molar-refractivity contribution is -0.255. The summed E-state index contributed by atoms with van der Waals surface area (Å²) in [6.07, 6.45) is -4.60. The lowest BCUT2D eigenvalue weighted by Crippen LogP contribution is -2.22. The van der Waals surface area contributed by atoms with Crippen LogP contribution in [0.15, 0.2) is 53.4 Å². The molecule has 0 aliphatic rings. The van der Waals surface area contributed by atoms with Crippen LogP contribution in [0.1, 0.15) is 15.9 Å². The van der Waals surface area contributed by atoms with Gasteiger partial charge in [-0.1, -0.05) is 18.2 Å². The summed E-state index contributed by atoms with van der Waals surface area (Å²) in [7, 11) is -4.15. The first-order chi connectivity index (χ1) is 10.6. The lowest BCUT2D eigenvalue weighted by Gasteiger charge is -2.11. The first-order valence-corrected chi connectivity index (χ1v) is 7.59. The van der Waals surface area contributed by atoms with Crippen LogP contribution in [0.2, 0.25) is 0 Å². The molecule has 23 heavy (non-hydrogen) atoms. The highest BCUT2D eigenvalue weighted by Crippen LogP contribution is 2.31. The number of hydrogen-bond acceptors (Lipinski definition) is 4. The van der Waals surface area contributed by atoms with Crippen molar-refractivity contribution in [3.63, 3.8) is 0 Å². The Morgan fingerprint density at radius 1 is 1.04 bits per heavy atom. The van der Waals surface area contributed by atoms with Crippen LogP contribution in [-0.2, 0) is 16.2 Å². The van der Waals surface area contributed by atoms with Crippen LogP contribution in [0.25, 0.3) is 0 Å². The Hall–Kier alpha value is -2.55. The zero-order valence-electron chi connectivity index (χ0n) is 11.3. The van der Waals surface area contributed by atoms with Crippen LogP contribution >= 0.6 is 0 Å². The molecule has 2 rings (SSSR count). The Morgan fingerprint density at radius 2 is 1.65 bits per heavy atom. The molecule has 9 heteroatoms. The molecule has 0 radical (unpaired) electrons. The van der Waals surface area contributed by atoms with E-state index in [4.69, 9.17) is 0 Å². The second kappa shape index (κ2) is 5.92. The minimum atomic E-state index is -4.60. The van der Waals surface area contributed by atoms with Crippen LogP contribution < -0.4 is 9.83 Å². The number of aromatic carboxylic acids is 1. The number of rotatable bonds is 4. The van der Waals surface area contributed by atoms with Crippen molar-refractivity contribution in [3.05, 3.63) is 59.7 Å². The van der Waals surface area contributed by atoms with Gasteiger partial charge in [0, 0.05) is 5.69 Å². The van der Waals surface area contributed by atoms with Crippen molar-refractivity contribution in [1.29, 1.82) is 0 Å². The van der Waals surface area contributed by atoms with Crippen molar-refractivity contribution in [3.8, 4) is 0 Å². The molecule has 0 bridgehead atoms. The van der Waals surface area contributed by atoms with Gasteiger partial charge in [0.1, 0.15) is 0 Å². The van der Waals surface area contributed by atoms with Crippen molar-refractivity contribution in [2.24, 2.45) is 0 Å². The summed E-state index contributed by atoms with van der Waals surface area (Å²) in [6.45, 7) is 0. The van der Waals surface area contributed by atoms with Gasteiger partial charge in [0.25, 0.3) is 10.0 Å². The molecule has 0 aliphatic carbocycles. The van der Waals surface area contributed by atoms with E-state index in [0.29, 0.717) is 6.07 Å². The standard InChI is InChI=1S/C14H10F3NO4S/c15-14(16,17)10-2-1-3-11(8-10)18-23(21,22)12-6-4-9(5-7-12)13(19)20/h1-8,18H,(H,19,20)/p-1. The number of carboxylic acids is 1. The molecule has 0 aromatic heterocycles. The fourth-order valence-electron chi connectivity index (χ4n) is 1.74. The predicted molar refractivity (Wildman–Crippen MR) is 73.0 cm³/mol. The average Bonchev–Trinajstić information content (AvgIpc) is 2.46. The van der Waals surface area contributed by atoms with Crippen molar-refractivity contribution in [2.45, 2.75) is 11.1 Å². The zero-order chi connectivity index (χ0) is 17.3. The van der Waals surface area contributed by atoms with Gasteiger partial charge in [0.05, 0.1) is 16.4 Å². The van der Waals surface area contributed by atoms with Crippen LogP contribution in [-0.4, -0.2) is 14.4 Å². The van der Waals surface area contributed by atoms with Gasteiger partial charge in [-0.25, -0.2) is 8.42 Å². The molecule has 0 spiro atoms. The van der Waals surface area contributed by atoms with E-state index in [1.165, 1.54) is 6.07 Å². The molecule has 0 atom stereocenters. The number of carbonyl (C=O) groups excluding carboxylic acids is 1. The van der Waals surface area contributed by atoms with Gasteiger partial charge in [0.2, 0.25) is 0 Å². The molecule has 5 nitrogen and oxygen atoms in total. The number of sulfonamides is 1. The molecule has 2 aromatic carbocycles. The summed E-state index contributed by atoms with van der Waals surface area (Å²) in [5, 5.41) is 10.6. The van der Waals surface area contributed by atoms with E-state index >= 15 is 0 Å². The number of benzene rings is 2. The van der Waals surface area contributed by atoms with Gasteiger partial charge in [-0.05, 0) is 35.9 Å². The number of carboxylic acid groups (broad SMARTS) is 1. The Morgan fingerprint density at radius 3 is 2.17 bits per heavy atom. The second-order valence-corrected chi connectivity index (χ2v) is 6.18. The van der Waals surface area contributed by atoms with E-state index in [-0.39, 0.29) is 16.1 Å². The van der Waals surface area contributed by atoms with E-state index in [0.717, 1.165) is 36.4 Å². The Bertz CT molecular complexity index is 830. The summed E-state index contributed by atoms with van der Waals surface area (Å²) >= 11 is 0. The normalized spacial score (nSPS) is 12.0. The molecule has 0 unspecified atom stereocenters. The third-order valence-electron chi connectivity index (χ3n) is 2.84. The molecule has 0 amide bonds. The van der Waals surface area contributed by atoms with Gasteiger partial charge < -0.3 is 9.90 Å². The topological polar surface area (TPSA) is 86.3 Å². The quantitative estimate of drug-likeness (QED) is 0.917. The Balaban J connectivity index is 2.29. The summed E-state index contributed by atoms with van der Waals surface area (Å²) in [5.74, 6) is -1.47. The fourth-order valence-corrected chi connectivity index (χ4v) is 2.79. The predicted octanol–water partition coefficient (Wildman–Crippen LogP) is 1.87.